The number of amides is 1. The van der Waals surface area contributed by atoms with Gasteiger partial charge in [-0.25, -0.2) is 13.8 Å². The van der Waals surface area contributed by atoms with Crippen LogP contribution >= 0.6 is 0 Å². The molecule has 0 aliphatic heterocycles. The van der Waals surface area contributed by atoms with E-state index < -0.39 is 5.92 Å². The molecule has 6 heteroatoms. The molecular formula is C15H17F2N3O. The first kappa shape index (κ1) is 14.0. The molecule has 1 aromatic heterocycles. The zero-order valence-electron chi connectivity index (χ0n) is 11.5. The van der Waals surface area contributed by atoms with E-state index in [4.69, 9.17) is 0 Å². The highest BCUT2D eigenvalue weighted by atomic mass is 19.3. The van der Waals surface area contributed by atoms with E-state index in [2.05, 4.69) is 15.3 Å². The highest BCUT2D eigenvalue weighted by molar-refractivity contribution is 5.79. The number of carbonyl (C=O) groups excluding carboxylic acids is 1. The molecule has 1 aliphatic rings. The number of halogens is 2. The minimum absolute atomic E-state index is 0.161. The number of imidazole rings is 1. The first-order valence-corrected chi connectivity index (χ1v) is 7.13. The lowest BCUT2D eigenvalue weighted by molar-refractivity contribution is -0.129. The second-order valence-corrected chi connectivity index (χ2v) is 5.55. The predicted octanol–water partition coefficient (Wildman–Crippen LogP) is 3.00. The number of hydrogen-bond acceptors (Lipinski definition) is 2. The van der Waals surface area contributed by atoms with Crippen LogP contribution in [0.1, 0.15) is 31.5 Å². The average molecular weight is 293 g/mol. The molecule has 1 fully saturated rings. The number of benzene rings is 1. The van der Waals surface area contributed by atoms with Crippen LogP contribution in [0.15, 0.2) is 24.3 Å². The fourth-order valence-electron chi connectivity index (χ4n) is 2.71. The molecule has 2 aromatic rings. The molecule has 1 saturated carbocycles. The van der Waals surface area contributed by atoms with Crippen molar-refractivity contribution in [2.45, 2.75) is 38.2 Å². The van der Waals surface area contributed by atoms with Gasteiger partial charge in [0.1, 0.15) is 5.82 Å². The van der Waals surface area contributed by atoms with E-state index in [0.29, 0.717) is 12.4 Å². The molecule has 2 N–H and O–H groups in total. The van der Waals surface area contributed by atoms with Gasteiger partial charge in [0.15, 0.2) is 0 Å². The Kier molecular flexibility index (Phi) is 3.61. The maximum absolute atomic E-state index is 13.1. The Hall–Kier alpha value is -1.98. The van der Waals surface area contributed by atoms with Crippen LogP contribution in [0.25, 0.3) is 11.0 Å². The summed E-state index contributed by atoms with van der Waals surface area (Å²) in [6, 6.07) is 7.61. The highest BCUT2D eigenvalue weighted by Crippen LogP contribution is 2.36. The summed E-state index contributed by atoms with van der Waals surface area (Å²) < 4.78 is 26.1. The molecule has 4 nitrogen and oxygen atoms in total. The van der Waals surface area contributed by atoms with Gasteiger partial charge in [0, 0.05) is 18.8 Å². The third kappa shape index (κ3) is 3.20. The van der Waals surface area contributed by atoms with E-state index in [9.17, 15) is 13.6 Å². The summed E-state index contributed by atoms with van der Waals surface area (Å²) in [4.78, 5) is 19.5. The number of para-hydroxylation sites is 2. The van der Waals surface area contributed by atoms with Crippen molar-refractivity contribution in [3.63, 3.8) is 0 Å². The number of carbonyl (C=O) groups is 1. The van der Waals surface area contributed by atoms with Crippen molar-refractivity contribution in [1.82, 2.24) is 15.3 Å². The zero-order chi connectivity index (χ0) is 14.9. The lowest BCUT2D eigenvalue weighted by Crippen LogP contribution is -2.35. The van der Waals surface area contributed by atoms with Crippen LogP contribution < -0.4 is 5.32 Å². The van der Waals surface area contributed by atoms with Crippen molar-refractivity contribution in [3.8, 4) is 0 Å². The van der Waals surface area contributed by atoms with Gasteiger partial charge < -0.3 is 10.3 Å². The maximum atomic E-state index is 13.1. The molecule has 1 amide bonds. The highest BCUT2D eigenvalue weighted by Gasteiger charge is 2.37. The van der Waals surface area contributed by atoms with Crippen molar-refractivity contribution in [3.05, 3.63) is 30.1 Å². The second kappa shape index (κ2) is 5.42. The molecule has 1 aromatic carbocycles. The number of nitrogens with one attached hydrogen (secondary N) is 2. The van der Waals surface area contributed by atoms with Crippen molar-refractivity contribution in [2.75, 3.05) is 0 Å². The first-order chi connectivity index (χ1) is 10.0. The van der Waals surface area contributed by atoms with Crippen LogP contribution in [-0.4, -0.2) is 21.8 Å². The number of nitrogens with zero attached hydrogens (tertiary/aromatic N) is 1. The van der Waals surface area contributed by atoms with Crippen LogP contribution in [0.5, 0.6) is 0 Å². The molecule has 3 rings (SSSR count). The molecule has 0 radical (unpaired) electrons. The summed E-state index contributed by atoms with van der Waals surface area (Å²) in [5, 5.41) is 2.78. The van der Waals surface area contributed by atoms with Gasteiger partial charge in [-0.3, -0.25) is 4.79 Å². The number of rotatable bonds is 3. The molecule has 1 aliphatic carbocycles. The SMILES string of the molecule is O=C(NCc1nc2ccccc2[nH]1)C1CCC(F)(F)CC1. The molecule has 0 saturated heterocycles. The normalized spacial score (nSPS) is 18.8. The standard InChI is InChI=1S/C15H17F2N3O/c16-15(17)7-5-10(6-8-15)14(21)18-9-13-19-11-3-1-2-4-12(11)20-13/h1-4,10H,5-9H2,(H,18,21)(H,19,20). The third-order valence-corrected chi connectivity index (χ3v) is 3.96. The van der Waals surface area contributed by atoms with Gasteiger partial charge in [0.25, 0.3) is 0 Å². The van der Waals surface area contributed by atoms with Crippen LogP contribution in [0, 0.1) is 5.92 Å². The van der Waals surface area contributed by atoms with Gasteiger partial charge in [-0.1, -0.05) is 12.1 Å². The van der Waals surface area contributed by atoms with Crippen LogP contribution in [0.3, 0.4) is 0 Å². The molecule has 0 spiro atoms. The fourth-order valence-corrected chi connectivity index (χ4v) is 2.71. The molecule has 0 atom stereocenters. The Morgan fingerprint density at radius 1 is 1.33 bits per heavy atom. The minimum Gasteiger partial charge on any atom is -0.349 e. The number of aromatic nitrogens is 2. The summed E-state index contributed by atoms with van der Waals surface area (Å²) >= 11 is 0. The van der Waals surface area contributed by atoms with Crippen LogP contribution in [0.4, 0.5) is 8.78 Å². The molecule has 0 bridgehead atoms. The summed E-state index contributed by atoms with van der Waals surface area (Å²) in [6.07, 6.45) is 0.101. The van der Waals surface area contributed by atoms with E-state index in [-0.39, 0.29) is 37.5 Å². The molecule has 0 unspecified atom stereocenters. The monoisotopic (exact) mass is 293 g/mol. The number of aromatic amines is 1. The topological polar surface area (TPSA) is 57.8 Å². The van der Waals surface area contributed by atoms with Gasteiger partial charge in [0.2, 0.25) is 11.8 Å². The quantitative estimate of drug-likeness (QED) is 0.914. The van der Waals surface area contributed by atoms with Gasteiger partial charge in [-0.15, -0.1) is 0 Å². The van der Waals surface area contributed by atoms with Crippen molar-refractivity contribution in [1.29, 1.82) is 0 Å². The van der Waals surface area contributed by atoms with E-state index >= 15 is 0 Å². The Bertz CT molecular complexity index is 610. The summed E-state index contributed by atoms with van der Waals surface area (Å²) in [5.41, 5.74) is 1.76. The molecular weight excluding hydrogens is 276 g/mol. The summed E-state index contributed by atoms with van der Waals surface area (Å²) in [6.45, 7) is 0.292. The number of fused-ring (bicyclic) bond motifs is 1. The minimum atomic E-state index is -2.60. The largest absolute Gasteiger partial charge is 0.349 e. The summed E-state index contributed by atoms with van der Waals surface area (Å²) in [7, 11) is 0. The van der Waals surface area contributed by atoms with E-state index in [1.165, 1.54) is 0 Å². The molecule has 1 heterocycles. The first-order valence-electron chi connectivity index (χ1n) is 7.13. The van der Waals surface area contributed by atoms with Gasteiger partial charge in [-0.05, 0) is 25.0 Å². The maximum Gasteiger partial charge on any atom is 0.248 e. The predicted molar refractivity (Wildman–Crippen MR) is 74.8 cm³/mol. The number of alkyl halides is 2. The second-order valence-electron chi connectivity index (χ2n) is 5.55. The van der Waals surface area contributed by atoms with Gasteiger partial charge in [0.05, 0.1) is 17.6 Å². The lowest BCUT2D eigenvalue weighted by atomic mass is 9.86. The Morgan fingerprint density at radius 3 is 2.76 bits per heavy atom. The Balaban J connectivity index is 1.56. The van der Waals surface area contributed by atoms with Crippen molar-refractivity contribution >= 4 is 16.9 Å². The number of H-pyrrole nitrogens is 1. The molecule has 21 heavy (non-hydrogen) atoms. The zero-order valence-corrected chi connectivity index (χ0v) is 11.5. The van der Waals surface area contributed by atoms with Crippen molar-refractivity contribution in [2.24, 2.45) is 5.92 Å². The lowest BCUT2D eigenvalue weighted by Gasteiger charge is -2.27. The fraction of sp³-hybridized carbons (Fsp3) is 0.467. The Labute approximate surface area is 120 Å². The van der Waals surface area contributed by atoms with Crippen LogP contribution in [0.2, 0.25) is 0 Å². The third-order valence-electron chi connectivity index (χ3n) is 3.96. The smallest absolute Gasteiger partial charge is 0.248 e. The molecule has 112 valence electrons. The average Bonchev–Trinajstić information content (AvgIpc) is 2.87. The van der Waals surface area contributed by atoms with Gasteiger partial charge in [-0.2, -0.15) is 0 Å². The Morgan fingerprint density at radius 2 is 2.05 bits per heavy atom. The van der Waals surface area contributed by atoms with Gasteiger partial charge >= 0.3 is 0 Å². The van der Waals surface area contributed by atoms with Crippen molar-refractivity contribution < 1.29 is 13.6 Å². The van der Waals surface area contributed by atoms with E-state index in [1.807, 2.05) is 24.3 Å². The van der Waals surface area contributed by atoms with E-state index in [0.717, 1.165) is 11.0 Å². The van der Waals surface area contributed by atoms with E-state index in [1.54, 1.807) is 0 Å². The summed E-state index contributed by atoms with van der Waals surface area (Å²) in [5.74, 6) is -2.40. The number of hydrogen-bond donors (Lipinski definition) is 2. The van der Waals surface area contributed by atoms with Crippen LogP contribution in [-0.2, 0) is 11.3 Å².